The minimum absolute atomic E-state index is 0.678. The molecule has 18 heavy (non-hydrogen) atoms. The molecule has 2 aromatic rings. The van der Waals surface area contributed by atoms with Gasteiger partial charge < -0.3 is 10.5 Å². The summed E-state index contributed by atoms with van der Waals surface area (Å²) in [5.74, 6) is 0.837. The molecule has 2 N–H and O–H groups in total. The molecule has 94 valence electrons. The van der Waals surface area contributed by atoms with E-state index in [9.17, 15) is 0 Å². The minimum Gasteiger partial charge on any atom is -0.494 e. The van der Waals surface area contributed by atoms with E-state index >= 15 is 0 Å². The van der Waals surface area contributed by atoms with Crippen LogP contribution in [0.4, 0.5) is 0 Å². The Kier molecular flexibility index (Phi) is 3.95. The van der Waals surface area contributed by atoms with Crippen molar-refractivity contribution in [3.8, 4) is 16.9 Å². The van der Waals surface area contributed by atoms with Crippen molar-refractivity contribution in [3.05, 3.63) is 47.8 Å². The molecule has 0 fully saturated rings. The molecule has 1 aromatic heterocycles. The van der Waals surface area contributed by atoms with Gasteiger partial charge >= 0.3 is 0 Å². The number of ether oxygens (including phenoxy) is 1. The van der Waals surface area contributed by atoms with E-state index in [-0.39, 0.29) is 0 Å². The number of hydrogen-bond donors (Lipinski definition) is 1. The summed E-state index contributed by atoms with van der Waals surface area (Å²) < 4.78 is 5.43. The largest absolute Gasteiger partial charge is 0.494 e. The smallest absolute Gasteiger partial charge is 0.147 e. The maximum atomic E-state index is 5.55. The predicted molar refractivity (Wildman–Crippen MR) is 73.7 cm³/mol. The lowest BCUT2D eigenvalue weighted by Crippen LogP contribution is -2.02. The van der Waals surface area contributed by atoms with E-state index in [0.29, 0.717) is 6.54 Å². The normalized spacial score (nSPS) is 10.4. The number of nitrogens with two attached hydrogens (primary N) is 1. The Hall–Kier alpha value is -1.87. The highest BCUT2D eigenvalue weighted by molar-refractivity contribution is 5.71. The summed E-state index contributed by atoms with van der Waals surface area (Å²) in [6.45, 7) is 2.63. The fraction of sp³-hybridized carbons (Fsp3) is 0.267. The summed E-state index contributed by atoms with van der Waals surface area (Å²) in [5, 5.41) is 0. The Bertz CT molecular complexity index is 521. The van der Waals surface area contributed by atoms with E-state index in [2.05, 4.69) is 29.2 Å². The van der Waals surface area contributed by atoms with Gasteiger partial charge in [-0.2, -0.15) is 0 Å². The lowest BCUT2D eigenvalue weighted by atomic mass is 10.0. The fourth-order valence-electron chi connectivity index (χ4n) is 2.06. The lowest BCUT2D eigenvalue weighted by molar-refractivity contribution is 0.411. The van der Waals surface area contributed by atoms with Crippen LogP contribution in [0.25, 0.3) is 11.1 Å². The van der Waals surface area contributed by atoms with Gasteiger partial charge in [-0.25, -0.2) is 0 Å². The van der Waals surface area contributed by atoms with Crippen molar-refractivity contribution in [2.45, 2.75) is 13.3 Å². The molecule has 1 heterocycles. The average Bonchev–Trinajstić information content (AvgIpc) is 2.40. The van der Waals surface area contributed by atoms with Gasteiger partial charge in [-0.05, 0) is 37.1 Å². The van der Waals surface area contributed by atoms with Crippen molar-refractivity contribution in [1.29, 1.82) is 0 Å². The van der Waals surface area contributed by atoms with Crippen LogP contribution in [0.5, 0.6) is 5.75 Å². The zero-order chi connectivity index (χ0) is 13.0. The van der Waals surface area contributed by atoms with Crippen LogP contribution in [-0.4, -0.2) is 18.6 Å². The Morgan fingerprint density at radius 2 is 1.89 bits per heavy atom. The molecular weight excluding hydrogens is 224 g/mol. The molecule has 0 radical (unpaired) electrons. The fourth-order valence-corrected chi connectivity index (χ4v) is 2.06. The average molecular weight is 242 g/mol. The summed E-state index contributed by atoms with van der Waals surface area (Å²) in [6, 6.07) is 10.4. The maximum Gasteiger partial charge on any atom is 0.147 e. The van der Waals surface area contributed by atoms with Gasteiger partial charge in [-0.3, -0.25) is 4.98 Å². The van der Waals surface area contributed by atoms with Crippen molar-refractivity contribution in [2.24, 2.45) is 5.73 Å². The summed E-state index contributed by atoms with van der Waals surface area (Å²) in [6.07, 6.45) is 2.72. The molecule has 1 aromatic carbocycles. The van der Waals surface area contributed by atoms with Crippen molar-refractivity contribution >= 4 is 0 Å². The second kappa shape index (κ2) is 5.65. The SMILES string of the molecule is COc1c(-c2ccc(CCN)cc2)ccnc1C. The summed E-state index contributed by atoms with van der Waals surface area (Å²) in [7, 11) is 1.68. The first-order chi connectivity index (χ1) is 8.76. The first kappa shape index (κ1) is 12.6. The molecule has 0 aliphatic carbocycles. The van der Waals surface area contributed by atoms with Gasteiger partial charge in [0.2, 0.25) is 0 Å². The Morgan fingerprint density at radius 3 is 2.50 bits per heavy atom. The molecular formula is C15H18N2O. The van der Waals surface area contributed by atoms with Gasteiger partial charge in [0.15, 0.2) is 0 Å². The van der Waals surface area contributed by atoms with Gasteiger partial charge in [0.1, 0.15) is 5.75 Å². The van der Waals surface area contributed by atoms with Crippen molar-refractivity contribution < 1.29 is 4.74 Å². The molecule has 0 saturated heterocycles. The molecule has 3 heteroatoms. The molecule has 0 unspecified atom stereocenters. The first-order valence-corrected chi connectivity index (χ1v) is 6.05. The monoisotopic (exact) mass is 242 g/mol. The molecule has 0 spiro atoms. The van der Waals surface area contributed by atoms with E-state index in [1.54, 1.807) is 13.3 Å². The number of nitrogens with zero attached hydrogens (tertiary/aromatic N) is 1. The summed E-state index contributed by atoms with van der Waals surface area (Å²) in [5.41, 5.74) is 9.92. The number of benzene rings is 1. The Balaban J connectivity index is 2.39. The molecule has 0 amide bonds. The van der Waals surface area contributed by atoms with E-state index in [4.69, 9.17) is 10.5 Å². The standard InChI is InChI=1S/C15H18N2O/c1-11-15(18-2)14(8-10-17-11)13-5-3-12(4-6-13)7-9-16/h3-6,8,10H,7,9,16H2,1-2H3. The van der Waals surface area contributed by atoms with E-state index in [1.807, 2.05) is 13.0 Å². The van der Waals surface area contributed by atoms with Crippen molar-refractivity contribution in [1.82, 2.24) is 4.98 Å². The van der Waals surface area contributed by atoms with Crippen molar-refractivity contribution in [2.75, 3.05) is 13.7 Å². The molecule has 2 rings (SSSR count). The highest BCUT2D eigenvalue weighted by atomic mass is 16.5. The zero-order valence-electron chi connectivity index (χ0n) is 10.8. The van der Waals surface area contributed by atoms with Crippen LogP contribution in [0.1, 0.15) is 11.3 Å². The quantitative estimate of drug-likeness (QED) is 0.896. The minimum atomic E-state index is 0.678. The van der Waals surface area contributed by atoms with Gasteiger partial charge in [0.05, 0.1) is 12.8 Å². The first-order valence-electron chi connectivity index (χ1n) is 6.05. The molecule has 0 saturated carbocycles. The number of aromatic nitrogens is 1. The predicted octanol–water partition coefficient (Wildman–Crippen LogP) is 2.57. The Labute approximate surface area is 108 Å². The lowest BCUT2D eigenvalue weighted by Gasteiger charge is -2.11. The van der Waals surface area contributed by atoms with Crippen LogP contribution in [0.2, 0.25) is 0 Å². The number of aryl methyl sites for hydroxylation is 1. The molecule has 0 atom stereocenters. The highest BCUT2D eigenvalue weighted by Crippen LogP contribution is 2.31. The van der Waals surface area contributed by atoms with Gasteiger partial charge in [0.25, 0.3) is 0 Å². The van der Waals surface area contributed by atoms with Crippen LogP contribution in [0.15, 0.2) is 36.5 Å². The zero-order valence-corrected chi connectivity index (χ0v) is 10.8. The third-order valence-electron chi connectivity index (χ3n) is 2.98. The van der Waals surface area contributed by atoms with Gasteiger partial charge in [-0.15, -0.1) is 0 Å². The third kappa shape index (κ3) is 2.51. The van der Waals surface area contributed by atoms with Crippen LogP contribution >= 0.6 is 0 Å². The van der Waals surface area contributed by atoms with Crippen LogP contribution in [0.3, 0.4) is 0 Å². The van der Waals surface area contributed by atoms with E-state index in [1.165, 1.54) is 5.56 Å². The summed E-state index contributed by atoms with van der Waals surface area (Å²) in [4.78, 5) is 4.24. The maximum absolute atomic E-state index is 5.55. The topological polar surface area (TPSA) is 48.1 Å². The number of hydrogen-bond acceptors (Lipinski definition) is 3. The van der Waals surface area contributed by atoms with Crippen LogP contribution < -0.4 is 10.5 Å². The summed E-state index contributed by atoms with van der Waals surface area (Å²) >= 11 is 0. The molecule has 0 bridgehead atoms. The molecule has 3 nitrogen and oxygen atoms in total. The van der Waals surface area contributed by atoms with Gasteiger partial charge in [0, 0.05) is 11.8 Å². The number of rotatable bonds is 4. The van der Waals surface area contributed by atoms with E-state index < -0.39 is 0 Å². The molecule has 0 aliphatic rings. The second-order valence-electron chi connectivity index (χ2n) is 4.21. The number of methoxy groups -OCH3 is 1. The highest BCUT2D eigenvalue weighted by Gasteiger charge is 2.08. The van der Waals surface area contributed by atoms with Crippen LogP contribution in [-0.2, 0) is 6.42 Å². The molecule has 0 aliphatic heterocycles. The van der Waals surface area contributed by atoms with Crippen LogP contribution in [0, 0.1) is 6.92 Å². The van der Waals surface area contributed by atoms with Crippen molar-refractivity contribution in [3.63, 3.8) is 0 Å². The van der Waals surface area contributed by atoms with Gasteiger partial charge in [-0.1, -0.05) is 24.3 Å². The second-order valence-corrected chi connectivity index (χ2v) is 4.21. The van der Waals surface area contributed by atoms with E-state index in [0.717, 1.165) is 29.0 Å². The Morgan fingerprint density at radius 1 is 1.17 bits per heavy atom. The third-order valence-corrected chi connectivity index (χ3v) is 2.98. The number of pyridine rings is 1.